The van der Waals surface area contributed by atoms with Crippen LogP contribution in [-0.2, 0) is 9.93 Å². The topological polar surface area (TPSA) is 18.5 Å². The van der Waals surface area contributed by atoms with Crippen LogP contribution in [0.3, 0.4) is 0 Å². The maximum atomic E-state index is 6.79. The molecule has 2 nitrogen and oxygen atoms in total. The minimum absolute atomic E-state index is 0.364. The van der Waals surface area contributed by atoms with Crippen LogP contribution in [0.2, 0.25) is 10.0 Å². The van der Waals surface area contributed by atoms with E-state index in [2.05, 4.69) is 59.3 Å². The van der Waals surface area contributed by atoms with Crippen molar-refractivity contribution < 1.29 is 9.47 Å². The Morgan fingerprint density at radius 1 is 0.697 bits per heavy atom. The first-order valence-electron chi connectivity index (χ1n) is 10.7. The molecule has 164 valence electrons. The van der Waals surface area contributed by atoms with Gasteiger partial charge in [0.05, 0.1) is 10.0 Å². The summed E-state index contributed by atoms with van der Waals surface area (Å²) < 4.78 is 12.3. The lowest BCUT2D eigenvalue weighted by atomic mass is 9.77. The molecule has 0 radical (unpaired) electrons. The van der Waals surface area contributed by atoms with Crippen molar-refractivity contribution in [3.05, 3.63) is 106 Å². The Morgan fingerprint density at radius 3 is 1.79 bits per heavy atom. The van der Waals surface area contributed by atoms with E-state index < -0.39 is 9.93 Å². The lowest BCUT2D eigenvalue weighted by Crippen LogP contribution is -2.49. The van der Waals surface area contributed by atoms with Crippen LogP contribution in [0.1, 0.15) is 18.1 Å². The van der Waals surface area contributed by atoms with Gasteiger partial charge in [-0.15, -0.1) is 0 Å². The molecule has 2 atom stereocenters. The first-order chi connectivity index (χ1) is 15.9. The molecule has 33 heavy (non-hydrogen) atoms. The largest absolute Gasteiger partial charge is 0.490 e. The monoisotopic (exact) mass is 536 g/mol. The van der Waals surface area contributed by atoms with Crippen LogP contribution in [-0.4, -0.2) is 6.61 Å². The van der Waals surface area contributed by atoms with Gasteiger partial charge in [-0.2, -0.15) is 0 Å². The second-order valence-electron chi connectivity index (χ2n) is 8.63. The van der Waals surface area contributed by atoms with E-state index in [1.54, 1.807) is 0 Å². The molecule has 0 aromatic heterocycles. The molecule has 0 spiro atoms. The van der Waals surface area contributed by atoms with E-state index in [9.17, 15) is 0 Å². The van der Waals surface area contributed by atoms with Gasteiger partial charge in [-0.1, -0.05) is 99.8 Å². The van der Waals surface area contributed by atoms with Crippen LogP contribution >= 0.6 is 39.1 Å². The van der Waals surface area contributed by atoms with Crippen LogP contribution in [0.15, 0.2) is 84.9 Å². The third kappa shape index (κ3) is 3.06. The fourth-order valence-corrected chi connectivity index (χ4v) is 6.11. The van der Waals surface area contributed by atoms with Gasteiger partial charge in [0, 0.05) is 11.1 Å². The van der Waals surface area contributed by atoms with E-state index in [0.29, 0.717) is 28.2 Å². The van der Waals surface area contributed by atoms with Gasteiger partial charge in [0.1, 0.15) is 22.4 Å². The van der Waals surface area contributed by atoms with Crippen molar-refractivity contribution in [2.24, 2.45) is 0 Å². The van der Waals surface area contributed by atoms with E-state index >= 15 is 0 Å². The number of hydrogen-bond donors (Lipinski definition) is 0. The van der Waals surface area contributed by atoms with E-state index in [0.717, 1.165) is 33.4 Å². The van der Waals surface area contributed by atoms with E-state index in [1.807, 2.05) is 48.5 Å². The van der Waals surface area contributed by atoms with Gasteiger partial charge in [0.15, 0.2) is 5.60 Å². The highest BCUT2D eigenvalue weighted by Crippen LogP contribution is 2.64. The summed E-state index contributed by atoms with van der Waals surface area (Å²) in [6.07, 6.45) is 0. The van der Waals surface area contributed by atoms with Gasteiger partial charge in [-0.25, -0.2) is 0 Å². The van der Waals surface area contributed by atoms with Crippen molar-refractivity contribution in [1.82, 2.24) is 0 Å². The van der Waals surface area contributed by atoms with Crippen molar-refractivity contribution in [1.29, 1.82) is 0 Å². The molecule has 6 rings (SSSR count). The number of rotatable bonds is 2. The molecule has 0 N–H and O–H groups in total. The van der Waals surface area contributed by atoms with Crippen LogP contribution < -0.4 is 9.47 Å². The highest BCUT2D eigenvalue weighted by atomic mass is 79.9. The molecule has 0 saturated carbocycles. The lowest BCUT2D eigenvalue weighted by Gasteiger charge is -2.43. The average Bonchev–Trinajstić information content (AvgIpc) is 3.08. The van der Waals surface area contributed by atoms with E-state index in [1.165, 1.54) is 0 Å². The number of ether oxygens (including phenoxy) is 2. The lowest BCUT2D eigenvalue weighted by molar-refractivity contribution is 0.0307. The molecule has 4 aromatic carbocycles. The number of halogens is 3. The number of benzene rings is 4. The standard InChI is InChI=1S/C28H19BrCl2O2/c1-27-21-12-19(17-8-4-2-5-9-17)14-23(30)25(21)32-16-28(27,29)22-13-20(15-24(31)26(22)33-27)18-10-6-3-7-11-18/h2-15H,16H2,1H3. The summed E-state index contributed by atoms with van der Waals surface area (Å²) in [5.41, 5.74) is 5.32. The van der Waals surface area contributed by atoms with Crippen molar-refractivity contribution >= 4 is 39.1 Å². The molecule has 0 amide bonds. The van der Waals surface area contributed by atoms with E-state index in [-0.39, 0.29) is 0 Å². The number of alkyl halides is 1. The average molecular weight is 538 g/mol. The minimum Gasteiger partial charge on any atom is -0.490 e. The molecule has 0 aliphatic carbocycles. The van der Waals surface area contributed by atoms with Crippen LogP contribution in [0.25, 0.3) is 22.3 Å². The molecule has 2 aliphatic rings. The minimum atomic E-state index is -0.768. The Labute approximate surface area is 211 Å². The molecule has 5 heteroatoms. The molecule has 4 aromatic rings. The summed E-state index contributed by atoms with van der Waals surface area (Å²) in [6, 6.07) is 28.5. The normalized spacial score (nSPS) is 22.5. The summed E-state index contributed by atoms with van der Waals surface area (Å²) in [6.45, 7) is 2.44. The highest BCUT2D eigenvalue weighted by Gasteiger charge is 2.62. The smallest absolute Gasteiger partial charge is 0.158 e. The third-order valence-electron chi connectivity index (χ3n) is 6.72. The first kappa shape index (κ1) is 21.1. The summed E-state index contributed by atoms with van der Waals surface area (Å²) in [5.74, 6) is 1.33. The van der Waals surface area contributed by atoms with Crippen molar-refractivity contribution in [2.75, 3.05) is 6.61 Å². The number of hydrogen-bond acceptors (Lipinski definition) is 2. The molecule has 2 unspecified atom stereocenters. The third-order valence-corrected chi connectivity index (χ3v) is 8.69. The molecule has 0 fully saturated rings. The fraction of sp³-hybridized carbons (Fsp3) is 0.143. The Kier molecular flexibility index (Phi) is 4.81. The van der Waals surface area contributed by atoms with Gasteiger partial charge >= 0.3 is 0 Å². The SMILES string of the molecule is CC12Oc3c(Cl)cc(-c4ccccc4)cc3C1(Br)COc1c(Cl)cc(-c3ccccc3)cc12. The Hall–Kier alpha value is -2.46. The number of fused-ring (bicyclic) bond motifs is 5. The molecular weight excluding hydrogens is 519 g/mol. The van der Waals surface area contributed by atoms with Crippen molar-refractivity contribution in [3.63, 3.8) is 0 Å². The van der Waals surface area contributed by atoms with E-state index in [4.69, 9.17) is 32.7 Å². The zero-order chi connectivity index (χ0) is 22.8. The Morgan fingerprint density at radius 2 is 1.21 bits per heavy atom. The summed E-state index contributed by atoms with van der Waals surface area (Å²) >= 11 is 17.5. The zero-order valence-corrected chi connectivity index (χ0v) is 20.8. The van der Waals surface area contributed by atoms with Gasteiger partial charge in [-0.3, -0.25) is 0 Å². The Bertz CT molecular complexity index is 1390. The maximum absolute atomic E-state index is 6.79. The second-order valence-corrected chi connectivity index (χ2v) is 10.8. The van der Waals surface area contributed by atoms with Crippen molar-refractivity contribution in [2.45, 2.75) is 16.8 Å². The first-order valence-corrected chi connectivity index (χ1v) is 12.3. The zero-order valence-electron chi connectivity index (χ0n) is 17.7. The molecule has 2 aliphatic heterocycles. The quantitative estimate of drug-likeness (QED) is 0.238. The fourth-order valence-electron chi connectivity index (χ4n) is 4.88. The molecule has 0 bridgehead atoms. The summed E-state index contributed by atoms with van der Waals surface area (Å²) in [5, 5.41) is 1.14. The molecular formula is C28H19BrCl2O2. The predicted molar refractivity (Wildman–Crippen MR) is 138 cm³/mol. The van der Waals surface area contributed by atoms with Gasteiger partial charge in [0.25, 0.3) is 0 Å². The van der Waals surface area contributed by atoms with Crippen molar-refractivity contribution in [3.8, 4) is 33.8 Å². The van der Waals surface area contributed by atoms with Crippen LogP contribution in [0.4, 0.5) is 0 Å². The van der Waals surface area contributed by atoms with Crippen LogP contribution in [0, 0.1) is 0 Å². The second kappa shape index (κ2) is 7.53. The highest BCUT2D eigenvalue weighted by molar-refractivity contribution is 9.09. The Balaban J connectivity index is 1.54. The maximum Gasteiger partial charge on any atom is 0.158 e. The summed E-state index contributed by atoms with van der Waals surface area (Å²) in [4.78, 5) is 0. The molecule has 0 saturated heterocycles. The van der Waals surface area contributed by atoms with Gasteiger partial charge in [-0.05, 0) is 53.4 Å². The van der Waals surface area contributed by atoms with Crippen LogP contribution in [0.5, 0.6) is 11.5 Å². The summed E-state index contributed by atoms with van der Waals surface area (Å²) in [7, 11) is 0. The predicted octanol–water partition coefficient (Wildman–Crippen LogP) is 8.62. The van der Waals surface area contributed by atoms with Gasteiger partial charge < -0.3 is 9.47 Å². The van der Waals surface area contributed by atoms with Gasteiger partial charge in [0.2, 0.25) is 0 Å². The molecule has 2 heterocycles.